The molecule has 1 aliphatic rings. The number of nitrogens with zero attached hydrogens (tertiary/aromatic N) is 3. The zero-order valence-corrected chi connectivity index (χ0v) is 15.0. The van der Waals surface area contributed by atoms with Crippen molar-refractivity contribution in [2.75, 3.05) is 16.5 Å². The lowest BCUT2D eigenvalue weighted by molar-refractivity contribution is 0.709. The van der Waals surface area contributed by atoms with Crippen molar-refractivity contribution in [3.8, 4) is 11.3 Å². The van der Waals surface area contributed by atoms with Gasteiger partial charge in [0.25, 0.3) is 0 Å². The van der Waals surface area contributed by atoms with E-state index in [1.54, 1.807) is 0 Å². The van der Waals surface area contributed by atoms with Crippen molar-refractivity contribution in [3.05, 3.63) is 72.3 Å². The molecule has 0 bridgehead atoms. The first-order valence-corrected chi connectivity index (χ1v) is 8.81. The minimum absolute atomic E-state index is 0.429. The maximum Gasteiger partial charge on any atom is 0.158 e. The van der Waals surface area contributed by atoms with Crippen LogP contribution in [0.15, 0.2) is 66.7 Å². The zero-order valence-electron chi connectivity index (χ0n) is 15.0. The highest BCUT2D eigenvalue weighted by Gasteiger charge is 2.30. The van der Waals surface area contributed by atoms with Gasteiger partial charge in [0.15, 0.2) is 5.82 Å². The third-order valence-electron chi connectivity index (χ3n) is 4.83. The molecule has 0 unspecified atom stereocenters. The zero-order chi connectivity index (χ0) is 17.4. The molecular weight excluding hydrogens is 306 g/mol. The summed E-state index contributed by atoms with van der Waals surface area (Å²) in [7, 11) is 0. The fourth-order valence-electron chi connectivity index (χ4n) is 3.42. The molecule has 3 heteroatoms. The molecule has 2 aromatic carbocycles. The summed E-state index contributed by atoms with van der Waals surface area (Å²) in [5, 5.41) is 0. The molecule has 3 nitrogen and oxygen atoms in total. The second kappa shape index (κ2) is 6.25. The summed E-state index contributed by atoms with van der Waals surface area (Å²) in [6.45, 7) is 7.43. The summed E-state index contributed by atoms with van der Waals surface area (Å²) in [5.74, 6) is 1.04. The average Bonchev–Trinajstić information content (AvgIpc) is 3.02. The molecule has 0 radical (unpaired) electrons. The highest BCUT2D eigenvalue weighted by atomic mass is 15.4. The summed E-state index contributed by atoms with van der Waals surface area (Å²) < 4.78 is 0. The summed E-state index contributed by atoms with van der Waals surface area (Å²) >= 11 is 0. The highest BCUT2D eigenvalue weighted by molar-refractivity contribution is 5.82. The van der Waals surface area contributed by atoms with E-state index < -0.39 is 0 Å². The third-order valence-corrected chi connectivity index (χ3v) is 4.83. The Bertz CT molecular complexity index is 887. The average molecular weight is 329 g/mol. The van der Waals surface area contributed by atoms with Gasteiger partial charge in [-0.1, -0.05) is 42.5 Å². The van der Waals surface area contributed by atoms with E-state index in [1.807, 2.05) is 0 Å². The molecule has 0 spiro atoms. The third kappa shape index (κ3) is 2.76. The number of benzene rings is 2. The Morgan fingerprint density at radius 3 is 2.32 bits per heavy atom. The summed E-state index contributed by atoms with van der Waals surface area (Å²) in [6, 6.07) is 23.7. The Morgan fingerprint density at radius 1 is 0.880 bits per heavy atom. The van der Waals surface area contributed by atoms with Gasteiger partial charge in [-0.25, -0.2) is 4.98 Å². The minimum atomic E-state index is 0.429. The largest absolute Gasteiger partial charge is 0.348 e. The lowest BCUT2D eigenvalue weighted by atomic mass is 10.1. The fourth-order valence-corrected chi connectivity index (χ4v) is 3.42. The molecule has 1 aromatic heterocycles. The van der Waals surface area contributed by atoms with E-state index in [1.165, 1.54) is 22.5 Å². The van der Waals surface area contributed by atoms with E-state index in [9.17, 15) is 0 Å². The van der Waals surface area contributed by atoms with E-state index in [-0.39, 0.29) is 0 Å². The molecule has 0 atom stereocenters. The van der Waals surface area contributed by atoms with Crippen molar-refractivity contribution < 1.29 is 0 Å². The fraction of sp³-hybridized carbons (Fsp3) is 0.227. The molecule has 3 aromatic rings. The Balaban J connectivity index is 1.84. The molecular formula is C22H23N3. The van der Waals surface area contributed by atoms with Gasteiger partial charge in [-0.2, -0.15) is 0 Å². The predicted octanol–water partition coefficient (Wildman–Crippen LogP) is 5.38. The molecule has 0 amide bonds. The van der Waals surface area contributed by atoms with Crippen molar-refractivity contribution in [1.29, 1.82) is 0 Å². The molecule has 0 saturated carbocycles. The first-order valence-electron chi connectivity index (χ1n) is 8.81. The van der Waals surface area contributed by atoms with Crippen LogP contribution >= 0.6 is 0 Å². The summed E-state index contributed by atoms with van der Waals surface area (Å²) in [4.78, 5) is 9.76. The second-order valence-corrected chi connectivity index (χ2v) is 6.82. The Kier molecular flexibility index (Phi) is 3.92. The van der Waals surface area contributed by atoms with Gasteiger partial charge in [0.1, 0.15) is 0 Å². The van der Waals surface area contributed by atoms with Crippen LogP contribution in [0, 0.1) is 6.92 Å². The SMILES string of the molecule is Cc1ccccc1-c1ccc2c(n1)N(c1ccccc1)CN2C(C)C. The van der Waals surface area contributed by atoms with Gasteiger partial charge in [0.2, 0.25) is 0 Å². The van der Waals surface area contributed by atoms with Crippen LogP contribution in [0.2, 0.25) is 0 Å². The molecule has 25 heavy (non-hydrogen) atoms. The maximum absolute atomic E-state index is 5.06. The summed E-state index contributed by atoms with van der Waals surface area (Å²) in [5.41, 5.74) is 5.86. The Morgan fingerprint density at radius 2 is 1.60 bits per heavy atom. The topological polar surface area (TPSA) is 19.4 Å². The predicted molar refractivity (Wildman–Crippen MR) is 105 cm³/mol. The van der Waals surface area contributed by atoms with Gasteiger partial charge in [0, 0.05) is 17.3 Å². The number of anilines is 3. The molecule has 1 aliphatic heterocycles. The molecule has 0 fully saturated rings. The van der Waals surface area contributed by atoms with Gasteiger partial charge in [-0.15, -0.1) is 0 Å². The molecule has 0 aliphatic carbocycles. The number of para-hydroxylation sites is 1. The van der Waals surface area contributed by atoms with Crippen molar-refractivity contribution in [3.63, 3.8) is 0 Å². The second-order valence-electron chi connectivity index (χ2n) is 6.82. The maximum atomic E-state index is 5.06. The monoisotopic (exact) mass is 329 g/mol. The van der Waals surface area contributed by atoms with E-state index in [2.05, 4.69) is 97.3 Å². The van der Waals surface area contributed by atoms with Crippen molar-refractivity contribution in [1.82, 2.24) is 4.98 Å². The number of fused-ring (bicyclic) bond motifs is 1. The number of hydrogen-bond acceptors (Lipinski definition) is 3. The smallest absolute Gasteiger partial charge is 0.158 e. The van der Waals surface area contributed by atoms with Gasteiger partial charge in [0.05, 0.1) is 18.1 Å². The van der Waals surface area contributed by atoms with E-state index in [4.69, 9.17) is 4.98 Å². The lowest BCUT2D eigenvalue weighted by Crippen LogP contribution is -2.33. The standard InChI is InChI=1S/C22H23N3/c1-16(2)24-15-25(18-10-5-4-6-11-18)22-21(24)14-13-20(23-22)19-12-8-7-9-17(19)3/h4-14,16H,15H2,1-3H3. The van der Waals surface area contributed by atoms with Crippen LogP contribution < -0.4 is 9.80 Å². The molecule has 4 rings (SSSR count). The van der Waals surface area contributed by atoms with E-state index >= 15 is 0 Å². The van der Waals surface area contributed by atoms with Gasteiger partial charge in [-0.05, 0) is 50.6 Å². The van der Waals surface area contributed by atoms with Crippen LogP contribution in [-0.4, -0.2) is 17.7 Å². The Hall–Kier alpha value is -2.81. The van der Waals surface area contributed by atoms with Crippen LogP contribution in [0.3, 0.4) is 0 Å². The van der Waals surface area contributed by atoms with Crippen molar-refractivity contribution in [2.24, 2.45) is 0 Å². The molecule has 126 valence electrons. The van der Waals surface area contributed by atoms with Crippen LogP contribution in [0.25, 0.3) is 11.3 Å². The number of aryl methyl sites for hydroxylation is 1. The number of pyridine rings is 1. The summed E-state index contributed by atoms with van der Waals surface area (Å²) in [6.07, 6.45) is 0. The first-order chi connectivity index (χ1) is 12.1. The van der Waals surface area contributed by atoms with Crippen LogP contribution in [0.5, 0.6) is 0 Å². The van der Waals surface area contributed by atoms with Crippen LogP contribution in [0.1, 0.15) is 19.4 Å². The van der Waals surface area contributed by atoms with E-state index in [0.29, 0.717) is 6.04 Å². The first kappa shape index (κ1) is 15.7. The number of hydrogen-bond donors (Lipinski definition) is 0. The molecule has 2 heterocycles. The van der Waals surface area contributed by atoms with Crippen molar-refractivity contribution >= 4 is 17.2 Å². The molecule has 0 N–H and O–H groups in total. The van der Waals surface area contributed by atoms with Crippen LogP contribution in [-0.2, 0) is 0 Å². The molecule has 0 saturated heterocycles. The van der Waals surface area contributed by atoms with Crippen molar-refractivity contribution in [2.45, 2.75) is 26.8 Å². The van der Waals surface area contributed by atoms with Crippen LogP contribution in [0.4, 0.5) is 17.2 Å². The number of rotatable bonds is 3. The minimum Gasteiger partial charge on any atom is -0.348 e. The number of aromatic nitrogens is 1. The Labute approximate surface area is 149 Å². The van der Waals surface area contributed by atoms with E-state index in [0.717, 1.165) is 18.2 Å². The highest BCUT2D eigenvalue weighted by Crippen LogP contribution is 2.41. The quantitative estimate of drug-likeness (QED) is 0.643. The van der Waals surface area contributed by atoms with Gasteiger partial charge >= 0.3 is 0 Å². The van der Waals surface area contributed by atoms with Gasteiger partial charge < -0.3 is 9.80 Å². The normalized spacial score (nSPS) is 13.4. The van der Waals surface area contributed by atoms with Gasteiger partial charge in [-0.3, -0.25) is 0 Å². The lowest BCUT2D eigenvalue weighted by Gasteiger charge is -2.24.